The molecule has 0 N–H and O–H groups in total. The summed E-state index contributed by atoms with van der Waals surface area (Å²) in [4.78, 5) is 15.4. The first-order valence-electron chi connectivity index (χ1n) is 8.71. The number of ether oxygens (including phenoxy) is 1. The van der Waals surface area contributed by atoms with E-state index in [2.05, 4.69) is 43.9 Å². The summed E-state index contributed by atoms with van der Waals surface area (Å²) in [7, 11) is -1.90. The lowest BCUT2D eigenvalue weighted by atomic mass is 10.1. The van der Waals surface area contributed by atoms with E-state index in [1.807, 2.05) is 6.07 Å². The number of benzene rings is 1. The number of hydrogen-bond acceptors (Lipinski definition) is 5. The molecule has 0 saturated carbocycles. The fourth-order valence-corrected chi connectivity index (χ4v) is 4.84. The van der Waals surface area contributed by atoms with Crippen molar-refractivity contribution in [3.8, 4) is 0 Å². The maximum atomic E-state index is 12.5. The van der Waals surface area contributed by atoms with Gasteiger partial charge in [-0.2, -0.15) is 11.8 Å². The van der Waals surface area contributed by atoms with Crippen molar-refractivity contribution < 1.29 is 14.0 Å². The lowest BCUT2D eigenvalue weighted by molar-refractivity contribution is 0.0238. The van der Waals surface area contributed by atoms with Crippen LogP contribution in [0, 0.1) is 0 Å². The van der Waals surface area contributed by atoms with Crippen LogP contribution in [0.4, 0.5) is 0 Å². The van der Waals surface area contributed by atoms with E-state index in [9.17, 15) is 4.79 Å². The Morgan fingerprint density at radius 2 is 2.00 bits per heavy atom. The standard InChI is InChI=1S/C18H27N3O3SSi/c1-18(2,3)26(4,5)23-11-15-16(14(12-25-15)20-21-19)24-17(22)13-9-7-6-8-10-13/h6-10,14-16H,11-12H2,1-5H3/t14-,15+,16-/m0/s1. The van der Waals surface area contributed by atoms with E-state index in [-0.39, 0.29) is 16.3 Å². The maximum absolute atomic E-state index is 12.5. The highest BCUT2D eigenvalue weighted by atomic mass is 32.2. The molecular formula is C18H27N3O3SSi. The summed E-state index contributed by atoms with van der Waals surface area (Å²) in [6.45, 7) is 11.5. The fraction of sp³-hybridized carbons (Fsp3) is 0.611. The summed E-state index contributed by atoms with van der Waals surface area (Å²) in [5, 5.41) is 3.91. The molecule has 0 spiro atoms. The van der Waals surface area contributed by atoms with Crippen molar-refractivity contribution in [2.75, 3.05) is 12.4 Å². The van der Waals surface area contributed by atoms with E-state index in [0.717, 1.165) is 0 Å². The molecule has 1 saturated heterocycles. The zero-order valence-corrected chi connectivity index (χ0v) is 17.8. The van der Waals surface area contributed by atoms with Gasteiger partial charge in [-0.05, 0) is 35.8 Å². The van der Waals surface area contributed by atoms with Gasteiger partial charge in [0.25, 0.3) is 0 Å². The minimum absolute atomic E-state index is 0.0349. The third kappa shape index (κ3) is 5.04. The van der Waals surface area contributed by atoms with E-state index < -0.39 is 20.4 Å². The zero-order chi connectivity index (χ0) is 19.4. The van der Waals surface area contributed by atoms with Crippen LogP contribution in [-0.2, 0) is 9.16 Å². The summed E-state index contributed by atoms with van der Waals surface area (Å²) < 4.78 is 12.1. The highest BCUT2D eigenvalue weighted by molar-refractivity contribution is 8.00. The van der Waals surface area contributed by atoms with E-state index in [1.165, 1.54) is 0 Å². The van der Waals surface area contributed by atoms with Crippen molar-refractivity contribution in [3.05, 3.63) is 46.3 Å². The highest BCUT2D eigenvalue weighted by Gasteiger charge is 2.43. The Morgan fingerprint density at radius 3 is 2.58 bits per heavy atom. The first-order valence-corrected chi connectivity index (χ1v) is 12.7. The van der Waals surface area contributed by atoms with Crippen LogP contribution in [0.15, 0.2) is 35.4 Å². The Kier molecular flexibility index (Phi) is 6.79. The Bertz CT molecular complexity index is 672. The monoisotopic (exact) mass is 393 g/mol. The van der Waals surface area contributed by atoms with E-state index >= 15 is 0 Å². The van der Waals surface area contributed by atoms with Crippen LogP contribution in [-0.4, -0.2) is 44.0 Å². The molecule has 1 heterocycles. The minimum atomic E-state index is -1.90. The molecular weight excluding hydrogens is 366 g/mol. The predicted molar refractivity (Wildman–Crippen MR) is 108 cm³/mol. The lowest BCUT2D eigenvalue weighted by Crippen LogP contribution is -2.44. The summed E-state index contributed by atoms with van der Waals surface area (Å²) in [6.07, 6.45) is -0.478. The van der Waals surface area contributed by atoms with Gasteiger partial charge in [-0.15, -0.1) is 0 Å². The van der Waals surface area contributed by atoms with Crippen molar-refractivity contribution in [3.63, 3.8) is 0 Å². The second kappa shape index (κ2) is 8.48. The van der Waals surface area contributed by atoms with Gasteiger partial charge in [0.15, 0.2) is 8.32 Å². The largest absolute Gasteiger partial charge is 0.457 e. The SMILES string of the molecule is CC(C)(C)[Si](C)(C)OC[C@H]1SC[C@H](N=[N+]=[N-])[C@@H]1OC(=O)c1ccccc1. The molecule has 142 valence electrons. The number of hydrogen-bond donors (Lipinski definition) is 0. The quantitative estimate of drug-likeness (QED) is 0.223. The molecule has 0 radical (unpaired) electrons. The van der Waals surface area contributed by atoms with Gasteiger partial charge in [-0.25, -0.2) is 4.79 Å². The molecule has 0 aromatic heterocycles. The molecule has 3 atom stereocenters. The molecule has 1 aliphatic rings. The number of esters is 1. The third-order valence-electron chi connectivity index (χ3n) is 5.09. The number of nitrogens with zero attached hydrogens (tertiary/aromatic N) is 3. The number of carbonyl (C=O) groups is 1. The van der Waals surface area contributed by atoms with Crippen LogP contribution in [0.3, 0.4) is 0 Å². The average Bonchev–Trinajstić information content (AvgIpc) is 2.95. The van der Waals surface area contributed by atoms with E-state index in [1.54, 1.807) is 36.0 Å². The second-order valence-electron chi connectivity index (χ2n) is 7.95. The van der Waals surface area contributed by atoms with Gasteiger partial charge in [-0.1, -0.05) is 44.1 Å². The zero-order valence-electron chi connectivity index (χ0n) is 16.0. The number of rotatable bonds is 6. The minimum Gasteiger partial charge on any atom is -0.457 e. The molecule has 1 aromatic carbocycles. The average molecular weight is 394 g/mol. The lowest BCUT2D eigenvalue weighted by Gasteiger charge is -2.37. The predicted octanol–water partition coefficient (Wildman–Crippen LogP) is 5.03. The molecule has 26 heavy (non-hydrogen) atoms. The van der Waals surface area contributed by atoms with Crippen LogP contribution in [0.5, 0.6) is 0 Å². The molecule has 0 bridgehead atoms. The summed E-state index contributed by atoms with van der Waals surface area (Å²) in [5.74, 6) is 0.232. The second-order valence-corrected chi connectivity index (χ2v) is 14.0. The van der Waals surface area contributed by atoms with Gasteiger partial charge in [0.1, 0.15) is 6.10 Å². The van der Waals surface area contributed by atoms with Crippen LogP contribution in [0.2, 0.25) is 18.1 Å². The Balaban J connectivity index is 2.10. The number of azide groups is 1. The van der Waals surface area contributed by atoms with E-state index in [0.29, 0.717) is 17.9 Å². The summed E-state index contributed by atoms with van der Waals surface area (Å²) in [5.41, 5.74) is 9.33. The molecule has 0 unspecified atom stereocenters. The normalized spacial score (nSPS) is 23.3. The van der Waals surface area contributed by atoms with Crippen LogP contribution in [0.25, 0.3) is 10.4 Å². The van der Waals surface area contributed by atoms with Gasteiger partial charge in [0.05, 0.1) is 16.9 Å². The van der Waals surface area contributed by atoms with Gasteiger partial charge >= 0.3 is 5.97 Å². The molecule has 6 nitrogen and oxygen atoms in total. The molecule has 1 aliphatic heterocycles. The smallest absolute Gasteiger partial charge is 0.338 e. The van der Waals surface area contributed by atoms with Crippen molar-refractivity contribution in [2.24, 2.45) is 5.11 Å². The van der Waals surface area contributed by atoms with Crippen molar-refractivity contribution >= 4 is 26.0 Å². The molecule has 0 amide bonds. The molecule has 8 heteroatoms. The molecule has 0 aliphatic carbocycles. The van der Waals surface area contributed by atoms with E-state index in [4.69, 9.17) is 14.7 Å². The Hall–Kier alpha value is -1.47. The first-order chi connectivity index (χ1) is 12.2. The van der Waals surface area contributed by atoms with Crippen LogP contribution in [0.1, 0.15) is 31.1 Å². The topological polar surface area (TPSA) is 84.3 Å². The van der Waals surface area contributed by atoms with Gasteiger partial charge in [0.2, 0.25) is 0 Å². The Labute approximate surface area is 160 Å². The van der Waals surface area contributed by atoms with Crippen molar-refractivity contribution in [2.45, 2.75) is 56.3 Å². The molecule has 1 aromatic rings. The molecule has 2 rings (SSSR count). The van der Waals surface area contributed by atoms with Crippen LogP contribution >= 0.6 is 11.8 Å². The van der Waals surface area contributed by atoms with Crippen LogP contribution < -0.4 is 0 Å². The van der Waals surface area contributed by atoms with Gasteiger partial charge in [-0.3, -0.25) is 0 Å². The highest BCUT2D eigenvalue weighted by Crippen LogP contribution is 2.39. The van der Waals surface area contributed by atoms with Crippen molar-refractivity contribution in [1.82, 2.24) is 0 Å². The fourth-order valence-electron chi connectivity index (χ4n) is 2.40. The maximum Gasteiger partial charge on any atom is 0.338 e. The van der Waals surface area contributed by atoms with Gasteiger partial charge < -0.3 is 9.16 Å². The number of carbonyl (C=O) groups excluding carboxylic acids is 1. The summed E-state index contributed by atoms with van der Waals surface area (Å²) in [6, 6.07) is 8.50. The third-order valence-corrected chi connectivity index (χ3v) is 11.0. The van der Waals surface area contributed by atoms with Crippen molar-refractivity contribution in [1.29, 1.82) is 0 Å². The molecule has 1 fully saturated rings. The summed E-state index contributed by atoms with van der Waals surface area (Å²) >= 11 is 1.64. The Morgan fingerprint density at radius 1 is 1.35 bits per heavy atom. The number of thioether (sulfide) groups is 1. The first kappa shape index (κ1) is 20.8. The van der Waals surface area contributed by atoms with Gasteiger partial charge in [0, 0.05) is 17.3 Å².